The second-order valence-electron chi connectivity index (χ2n) is 3.22. The molecule has 0 fully saturated rings. The summed E-state index contributed by atoms with van der Waals surface area (Å²) in [6.07, 6.45) is 0. The Morgan fingerprint density at radius 2 is 1.79 bits per heavy atom. The number of hydrogen-bond acceptors (Lipinski definition) is 1. The summed E-state index contributed by atoms with van der Waals surface area (Å²) in [7, 11) is 0. The van der Waals surface area contributed by atoms with Crippen LogP contribution in [0.4, 0.5) is 11.4 Å². The Kier molecular flexibility index (Phi) is 2.50. The molecule has 2 aromatic carbocycles. The number of anilines is 2. The van der Waals surface area contributed by atoms with E-state index in [-0.39, 0.29) is 0 Å². The van der Waals surface area contributed by atoms with Crippen molar-refractivity contribution >= 4 is 11.4 Å². The molecule has 0 heterocycles. The van der Waals surface area contributed by atoms with Crippen LogP contribution in [0.15, 0.2) is 48.5 Å². The average molecular weight is 182 g/mol. The lowest BCUT2D eigenvalue weighted by atomic mass is 10.2. The molecule has 0 aromatic heterocycles. The first kappa shape index (κ1) is 8.82. The molecular formula is C13H12N. The first-order chi connectivity index (χ1) is 6.86. The minimum absolute atomic E-state index is 1.04. The lowest BCUT2D eigenvalue weighted by Gasteiger charge is -2.07. The van der Waals surface area contributed by atoms with Crippen LogP contribution in [0.1, 0.15) is 5.56 Å². The van der Waals surface area contributed by atoms with Gasteiger partial charge in [-0.25, -0.2) is 0 Å². The third-order valence-corrected chi connectivity index (χ3v) is 2.11. The molecule has 1 heteroatoms. The molecule has 0 aliphatic heterocycles. The Bertz CT molecular complexity index is 407. The monoisotopic (exact) mass is 182 g/mol. The molecule has 14 heavy (non-hydrogen) atoms. The smallest absolute Gasteiger partial charge is 0.0494 e. The molecule has 1 radical (unpaired) electrons. The normalized spacial score (nSPS) is 9.79. The van der Waals surface area contributed by atoms with Gasteiger partial charge in [0.25, 0.3) is 0 Å². The maximum absolute atomic E-state index is 3.32. The summed E-state index contributed by atoms with van der Waals surface area (Å²) in [5, 5.41) is 3.32. The van der Waals surface area contributed by atoms with Gasteiger partial charge in [0, 0.05) is 17.4 Å². The highest BCUT2D eigenvalue weighted by Crippen LogP contribution is 2.18. The third kappa shape index (κ3) is 1.94. The maximum atomic E-state index is 3.32. The highest BCUT2D eigenvalue weighted by molar-refractivity contribution is 5.61. The van der Waals surface area contributed by atoms with Crippen molar-refractivity contribution in [2.45, 2.75) is 6.92 Å². The number of benzene rings is 2. The van der Waals surface area contributed by atoms with Crippen molar-refractivity contribution in [2.24, 2.45) is 0 Å². The van der Waals surface area contributed by atoms with Crippen molar-refractivity contribution < 1.29 is 0 Å². The zero-order valence-corrected chi connectivity index (χ0v) is 8.12. The molecule has 0 atom stereocenters. The van der Waals surface area contributed by atoms with E-state index in [0.29, 0.717) is 0 Å². The quantitative estimate of drug-likeness (QED) is 0.749. The molecule has 0 aliphatic rings. The molecule has 0 saturated heterocycles. The summed E-state index contributed by atoms with van der Waals surface area (Å²) < 4.78 is 0. The van der Waals surface area contributed by atoms with Crippen molar-refractivity contribution in [2.75, 3.05) is 5.32 Å². The lowest BCUT2D eigenvalue weighted by Crippen LogP contribution is -1.91. The zero-order chi connectivity index (χ0) is 9.80. The van der Waals surface area contributed by atoms with E-state index in [0.717, 1.165) is 11.4 Å². The third-order valence-electron chi connectivity index (χ3n) is 2.11. The highest BCUT2D eigenvalue weighted by atomic mass is 14.9. The van der Waals surface area contributed by atoms with Gasteiger partial charge in [0.1, 0.15) is 0 Å². The van der Waals surface area contributed by atoms with E-state index in [2.05, 4.69) is 24.4 Å². The first-order valence-electron chi connectivity index (χ1n) is 4.65. The second kappa shape index (κ2) is 3.97. The number of para-hydroxylation sites is 2. The Labute approximate surface area is 84.4 Å². The Morgan fingerprint density at radius 3 is 2.50 bits per heavy atom. The summed E-state index contributed by atoms with van der Waals surface area (Å²) in [6, 6.07) is 19.3. The minimum Gasteiger partial charge on any atom is -0.355 e. The fraction of sp³-hybridized carbons (Fsp3) is 0.0769. The first-order valence-corrected chi connectivity index (χ1v) is 4.65. The van der Waals surface area contributed by atoms with Crippen molar-refractivity contribution in [1.82, 2.24) is 0 Å². The molecule has 1 nitrogen and oxygen atoms in total. The van der Waals surface area contributed by atoms with Gasteiger partial charge in [-0.1, -0.05) is 36.4 Å². The predicted octanol–water partition coefficient (Wildman–Crippen LogP) is 3.54. The van der Waals surface area contributed by atoms with Crippen LogP contribution in [0.2, 0.25) is 0 Å². The van der Waals surface area contributed by atoms with Crippen LogP contribution in [-0.4, -0.2) is 0 Å². The van der Waals surface area contributed by atoms with Crippen LogP contribution in [0.5, 0.6) is 0 Å². The molecule has 1 N–H and O–H groups in total. The molecule has 69 valence electrons. The van der Waals surface area contributed by atoms with E-state index in [1.165, 1.54) is 5.56 Å². The van der Waals surface area contributed by atoms with Gasteiger partial charge in [-0.3, -0.25) is 0 Å². The van der Waals surface area contributed by atoms with Crippen LogP contribution in [-0.2, 0) is 0 Å². The summed E-state index contributed by atoms with van der Waals surface area (Å²) >= 11 is 0. The highest BCUT2D eigenvalue weighted by Gasteiger charge is 1.96. The van der Waals surface area contributed by atoms with E-state index in [1.807, 2.05) is 42.5 Å². The maximum Gasteiger partial charge on any atom is 0.0494 e. The average Bonchev–Trinajstić information content (AvgIpc) is 2.23. The fourth-order valence-electron chi connectivity index (χ4n) is 1.32. The SMILES string of the molecule is Cc1ccc[c]c1Nc1ccccc1. The van der Waals surface area contributed by atoms with E-state index in [9.17, 15) is 0 Å². The van der Waals surface area contributed by atoms with Crippen molar-refractivity contribution in [3.05, 3.63) is 60.2 Å². The van der Waals surface area contributed by atoms with Crippen molar-refractivity contribution in [1.29, 1.82) is 0 Å². The second-order valence-corrected chi connectivity index (χ2v) is 3.22. The van der Waals surface area contributed by atoms with Crippen LogP contribution in [0.25, 0.3) is 0 Å². The molecule has 0 bridgehead atoms. The fourth-order valence-corrected chi connectivity index (χ4v) is 1.32. The molecule has 0 amide bonds. The molecule has 0 spiro atoms. The van der Waals surface area contributed by atoms with Gasteiger partial charge in [0.2, 0.25) is 0 Å². The summed E-state index contributed by atoms with van der Waals surface area (Å²) in [4.78, 5) is 0. The van der Waals surface area contributed by atoms with Crippen molar-refractivity contribution in [3.8, 4) is 0 Å². The molecule has 0 aliphatic carbocycles. The Hall–Kier alpha value is -1.76. The molecule has 0 saturated carbocycles. The summed E-state index contributed by atoms with van der Waals surface area (Å²) in [5.41, 5.74) is 3.34. The number of rotatable bonds is 2. The Morgan fingerprint density at radius 1 is 1.00 bits per heavy atom. The molecule has 2 rings (SSSR count). The van der Waals surface area contributed by atoms with Gasteiger partial charge in [-0.05, 0) is 24.6 Å². The van der Waals surface area contributed by atoms with E-state index < -0.39 is 0 Å². The standard InChI is InChI=1S/C13H12N/c1-11-7-5-6-10-13(11)14-12-8-3-2-4-9-12/h2-9,14H,1H3. The van der Waals surface area contributed by atoms with Crippen LogP contribution >= 0.6 is 0 Å². The summed E-state index contributed by atoms with van der Waals surface area (Å²) in [6.45, 7) is 2.07. The van der Waals surface area contributed by atoms with E-state index in [1.54, 1.807) is 0 Å². The van der Waals surface area contributed by atoms with E-state index >= 15 is 0 Å². The van der Waals surface area contributed by atoms with Gasteiger partial charge in [0.05, 0.1) is 0 Å². The van der Waals surface area contributed by atoms with Crippen LogP contribution in [0, 0.1) is 13.0 Å². The number of hydrogen-bond donors (Lipinski definition) is 1. The van der Waals surface area contributed by atoms with Gasteiger partial charge in [-0.15, -0.1) is 0 Å². The van der Waals surface area contributed by atoms with E-state index in [4.69, 9.17) is 0 Å². The zero-order valence-electron chi connectivity index (χ0n) is 8.12. The Balaban J connectivity index is 2.24. The summed E-state index contributed by atoms with van der Waals surface area (Å²) in [5.74, 6) is 0. The van der Waals surface area contributed by atoms with Gasteiger partial charge >= 0.3 is 0 Å². The number of aryl methyl sites for hydroxylation is 1. The van der Waals surface area contributed by atoms with Gasteiger partial charge in [0.15, 0.2) is 0 Å². The lowest BCUT2D eigenvalue weighted by molar-refractivity contribution is 1.43. The molecule has 2 aromatic rings. The molecule has 0 unspecified atom stereocenters. The topological polar surface area (TPSA) is 12.0 Å². The van der Waals surface area contributed by atoms with Crippen LogP contribution in [0.3, 0.4) is 0 Å². The van der Waals surface area contributed by atoms with Crippen molar-refractivity contribution in [3.63, 3.8) is 0 Å². The molecular weight excluding hydrogens is 170 g/mol. The number of nitrogens with one attached hydrogen (secondary N) is 1. The van der Waals surface area contributed by atoms with Gasteiger partial charge in [-0.2, -0.15) is 0 Å². The minimum atomic E-state index is 1.04. The van der Waals surface area contributed by atoms with Crippen LogP contribution < -0.4 is 5.32 Å². The van der Waals surface area contributed by atoms with Gasteiger partial charge < -0.3 is 5.32 Å². The predicted molar refractivity (Wildman–Crippen MR) is 59.7 cm³/mol. The largest absolute Gasteiger partial charge is 0.355 e.